The third-order valence-corrected chi connectivity index (χ3v) is 3.92. The van der Waals surface area contributed by atoms with E-state index in [4.69, 9.17) is 9.47 Å². The number of allylic oxidation sites excluding steroid dienone is 8. The maximum absolute atomic E-state index is 11.5. The summed E-state index contributed by atoms with van der Waals surface area (Å²) in [5, 5.41) is 9.24. The fourth-order valence-corrected chi connectivity index (χ4v) is 2.31. The minimum atomic E-state index is -0.554. The molecular formula is C24H40O4. The van der Waals surface area contributed by atoms with E-state index in [0.717, 1.165) is 51.4 Å². The van der Waals surface area contributed by atoms with Crippen molar-refractivity contribution in [1.82, 2.24) is 0 Å². The van der Waals surface area contributed by atoms with E-state index in [1.807, 2.05) is 6.92 Å². The number of hydrogen-bond acceptors (Lipinski definition) is 4. The van der Waals surface area contributed by atoms with Crippen LogP contribution in [0.5, 0.6) is 0 Å². The third kappa shape index (κ3) is 19.1. The van der Waals surface area contributed by atoms with Gasteiger partial charge in [0, 0.05) is 13.0 Å². The van der Waals surface area contributed by atoms with Crippen LogP contribution in [0.3, 0.4) is 0 Å². The van der Waals surface area contributed by atoms with Crippen LogP contribution in [0.1, 0.15) is 71.6 Å². The van der Waals surface area contributed by atoms with Gasteiger partial charge in [-0.3, -0.25) is 4.79 Å². The monoisotopic (exact) mass is 392 g/mol. The largest absolute Gasteiger partial charge is 0.457 e. The zero-order valence-electron chi connectivity index (χ0n) is 17.9. The molecule has 4 heteroatoms. The van der Waals surface area contributed by atoms with Gasteiger partial charge >= 0.3 is 5.97 Å². The lowest BCUT2D eigenvalue weighted by molar-refractivity contribution is -0.154. The van der Waals surface area contributed by atoms with Crippen LogP contribution < -0.4 is 0 Å². The zero-order chi connectivity index (χ0) is 20.7. The zero-order valence-corrected chi connectivity index (χ0v) is 17.9. The summed E-state index contributed by atoms with van der Waals surface area (Å²) < 4.78 is 10.7. The van der Waals surface area contributed by atoms with Gasteiger partial charge in [0.2, 0.25) is 0 Å². The first-order chi connectivity index (χ1) is 13.7. The number of hydrogen-bond donors (Lipinski definition) is 1. The molecule has 0 heterocycles. The average Bonchev–Trinajstić information content (AvgIpc) is 2.70. The molecule has 0 saturated heterocycles. The van der Waals surface area contributed by atoms with Gasteiger partial charge in [-0.05, 0) is 44.9 Å². The third-order valence-electron chi connectivity index (χ3n) is 3.92. The fourth-order valence-electron chi connectivity index (χ4n) is 2.31. The summed E-state index contributed by atoms with van der Waals surface area (Å²) >= 11 is 0. The van der Waals surface area contributed by atoms with Crippen LogP contribution in [0.15, 0.2) is 48.6 Å². The van der Waals surface area contributed by atoms with Crippen molar-refractivity contribution in [1.29, 1.82) is 0 Å². The maximum atomic E-state index is 11.5. The molecule has 0 fully saturated rings. The predicted octanol–water partition coefficient (Wildman–Crippen LogP) is 5.68. The molecule has 4 nitrogen and oxygen atoms in total. The molecule has 0 aliphatic carbocycles. The Bertz CT molecular complexity index is 463. The molecule has 0 radical (unpaired) electrons. The molecule has 0 aromatic carbocycles. The number of esters is 1. The van der Waals surface area contributed by atoms with Crippen molar-refractivity contribution < 1.29 is 19.4 Å². The second kappa shape index (κ2) is 21.6. The van der Waals surface area contributed by atoms with Crippen LogP contribution in [-0.2, 0) is 14.3 Å². The first-order valence-electron chi connectivity index (χ1n) is 10.7. The van der Waals surface area contributed by atoms with E-state index >= 15 is 0 Å². The smallest absolute Gasteiger partial charge is 0.306 e. The minimum Gasteiger partial charge on any atom is -0.457 e. The standard InChI is InChI=1S/C24H40O4/c1-3-5-7-8-9-10-11-12-13-14-15-16-17-18-20-27-22-23(21-25)28-24(26)19-6-4-2/h5,7,9-10,12-13,15-16,23,25H,3-4,6,8,11,14,17-22H2,1-2H3/b7-5-,10-9-,13-12-,16-15-. The van der Waals surface area contributed by atoms with Crippen molar-refractivity contribution in [3.05, 3.63) is 48.6 Å². The lowest BCUT2D eigenvalue weighted by Crippen LogP contribution is -2.27. The Morgan fingerprint density at radius 1 is 0.893 bits per heavy atom. The summed E-state index contributed by atoms with van der Waals surface area (Å²) in [6.07, 6.45) is 25.0. The van der Waals surface area contributed by atoms with E-state index in [2.05, 4.69) is 55.5 Å². The van der Waals surface area contributed by atoms with Crippen LogP contribution in [0.25, 0.3) is 0 Å². The Labute approximate surface area is 172 Å². The number of carbonyl (C=O) groups excluding carboxylic acids is 1. The molecule has 0 aromatic heterocycles. The van der Waals surface area contributed by atoms with Crippen molar-refractivity contribution in [2.75, 3.05) is 19.8 Å². The van der Waals surface area contributed by atoms with Gasteiger partial charge < -0.3 is 14.6 Å². The highest BCUT2D eigenvalue weighted by Crippen LogP contribution is 2.02. The second-order valence-corrected chi connectivity index (χ2v) is 6.62. The number of carbonyl (C=O) groups is 1. The lowest BCUT2D eigenvalue weighted by Gasteiger charge is -2.15. The summed E-state index contributed by atoms with van der Waals surface area (Å²) in [5.41, 5.74) is 0. The Kier molecular flexibility index (Phi) is 20.4. The average molecular weight is 393 g/mol. The molecule has 0 saturated carbocycles. The molecule has 28 heavy (non-hydrogen) atoms. The fraction of sp³-hybridized carbons (Fsp3) is 0.625. The molecule has 1 N–H and O–H groups in total. The van der Waals surface area contributed by atoms with Crippen molar-refractivity contribution in [2.45, 2.75) is 77.7 Å². The quantitative estimate of drug-likeness (QED) is 0.185. The van der Waals surface area contributed by atoms with E-state index in [0.29, 0.717) is 13.0 Å². The van der Waals surface area contributed by atoms with Crippen LogP contribution >= 0.6 is 0 Å². The molecule has 0 aliphatic rings. The molecule has 0 spiro atoms. The Hall–Kier alpha value is -1.65. The summed E-state index contributed by atoms with van der Waals surface area (Å²) in [6.45, 7) is 4.82. The highest BCUT2D eigenvalue weighted by atomic mass is 16.6. The molecule has 0 aromatic rings. The Morgan fingerprint density at radius 2 is 1.50 bits per heavy atom. The maximum Gasteiger partial charge on any atom is 0.306 e. The van der Waals surface area contributed by atoms with Crippen molar-refractivity contribution in [2.24, 2.45) is 0 Å². The molecular weight excluding hydrogens is 352 g/mol. The normalized spacial score (nSPS) is 13.4. The SMILES string of the molecule is CC/C=C\C/C=C\C/C=C\C/C=C\CCCOCC(CO)OC(=O)CCCC. The number of aliphatic hydroxyl groups excluding tert-OH is 1. The molecule has 160 valence electrons. The van der Waals surface area contributed by atoms with Gasteiger partial charge in [0.15, 0.2) is 0 Å². The van der Waals surface area contributed by atoms with Gasteiger partial charge in [0.05, 0.1) is 13.2 Å². The van der Waals surface area contributed by atoms with Gasteiger partial charge in [-0.25, -0.2) is 0 Å². The van der Waals surface area contributed by atoms with E-state index < -0.39 is 6.10 Å². The van der Waals surface area contributed by atoms with Crippen LogP contribution in [0.4, 0.5) is 0 Å². The second-order valence-electron chi connectivity index (χ2n) is 6.62. The predicted molar refractivity (Wildman–Crippen MR) is 117 cm³/mol. The topological polar surface area (TPSA) is 55.8 Å². The summed E-state index contributed by atoms with van der Waals surface area (Å²) in [6, 6.07) is 0. The van der Waals surface area contributed by atoms with Crippen LogP contribution in [0, 0.1) is 0 Å². The molecule has 0 bridgehead atoms. The van der Waals surface area contributed by atoms with E-state index in [-0.39, 0.29) is 19.2 Å². The number of aliphatic hydroxyl groups is 1. The van der Waals surface area contributed by atoms with Crippen LogP contribution in [-0.4, -0.2) is 37.0 Å². The van der Waals surface area contributed by atoms with Crippen molar-refractivity contribution >= 4 is 5.97 Å². The number of rotatable bonds is 18. The van der Waals surface area contributed by atoms with Gasteiger partial charge in [-0.15, -0.1) is 0 Å². The van der Waals surface area contributed by atoms with E-state index in [1.54, 1.807) is 0 Å². The molecule has 0 aliphatic heterocycles. The Morgan fingerprint density at radius 3 is 2.07 bits per heavy atom. The summed E-state index contributed by atoms with van der Waals surface area (Å²) in [7, 11) is 0. The summed E-state index contributed by atoms with van der Waals surface area (Å²) in [5.74, 6) is -0.260. The van der Waals surface area contributed by atoms with Gasteiger partial charge in [0.1, 0.15) is 6.10 Å². The highest BCUT2D eigenvalue weighted by molar-refractivity contribution is 5.69. The summed E-state index contributed by atoms with van der Waals surface area (Å²) in [4.78, 5) is 11.5. The lowest BCUT2D eigenvalue weighted by atomic mass is 10.2. The number of unbranched alkanes of at least 4 members (excludes halogenated alkanes) is 2. The van der Waals surface area contributed by atoms with Gasteiger partial charge in [-0.2, -0.15) is 0 Å². The highest BCUT2D eigenvalue weighted by Gasteiger charge is 2.13. The van der Waals surface area contributed by atoms with Crippen LogP contribution in [0.2, 0.25) is 0 Å². The van der Waals surface area contributed by atoms with Gasteiger partial charge in [0.25, 0.3) is 0 Å². The van der Waals surface area contributed by atoms with Crippen molar-refractivity contribution in [3.8, 4) is 0 Å². The molecule has 1 atom stereocenters. The van der Waals surface area contributed by atoms with Crippen molar-refractivity contribution in [3.63, 3.8) is 0 Å². The molecule has 1 unspecified atom stereocenters. The first kappa shape index (κ1) is 26.4. The van der Waals surface area contributed by atoms with Gasteiger partial charge in [-0.1, -0.05) is 68.9 Å². The van der Waals surface area contributed by atoms with E-state index in [1.165, 1.54) is 0 Å². The minimum absolute atomic E-state index is 0.200. The number of ether oxygens (including phenoxy) is 2. The first-order valence-corrected chi connectivity index (χ1v) is 10.7. The Balaban J connectivity index is 3.59. The molecule has 0 rings (SSSR count). The van der Waals surface area contributed by atoms with E-state index in [9.17, 15) is 9.90 Å². The molecule has 0 amide bonds.